The van der Waals surface area contributed by atoms with Gasteiger partial charge in [-0.05, 0) is 43.0 Å². The lowest BCUT2D eigenvalue weighted by Gasteiger charge is -2.33. The van der Waals surface area contributed by atoms with Crippen LogP contribution >= 0.6 is 0 Å². The topological polar surface area (TPSA) is 70.4 Å². The van der Waals surface area contributed by atoms with Crippen LogP contribution < -0.4 is 5.32 Å². The van der Waals surface area contributed by atoms with E-state index < -0.39 is 0 Å². The van der Waals surface area contributed by atoms with Crippen molar-refractivity contribution in [1.29, 1.82) is 0 Å². The van der Waals surface area contributed by atoms with Gasteiger partial charge in [0.2, 0.25) is 5.91 Å². The Balaban J connectivity index is 1.41. The average molecular weight is 342 g/mol. The second kappa shape index (κ2) is 8.27. The number of hydrogen-bond acceptors (Lipinski definition) is 4. The lowest BCUT2D eigenvalue weighted by molar-refractivity contribution is -0.123. The SMILES string of the molecule is CC1CCN(CC(=O)NCCc2cnn(-c3ccccc3)c2)CC1O. The van der Waals surface area contributed by atoms with Gasteiger partial charge in [-0.3, -0.25) is 9.69 Å². The van der Waals surface area contributed by atoms with Gasteiger partial charge in [0.1, 0.15) is 0 Å². The zero-order valence-electron chi connectivity index (χ0n) is 14.6. The molecule has 2 heterocycles. The molecule has 6 nitrogen and oxygen atoms in total. The summed E-state index contributed by atoms with van der Waals surface area (Å²) in [5.41, 5.74) is 2.11. The Kier molecular flexibility index (Phi) is 5.83. The number of nitrogens with zero attached hydrogens (tertiary/aromatic N) is 3. The van der Waals surface area contributed by atoms with E-state index in [0.29, 0.717) is 25.6 Å². The van der Waals surface area contributed by atoms with Crippen molar-refractivity contribution in [1.82, 2.24) is 20.0 Å². The number of aromatic nitrogens is 2. The number of amides is 1. The number of carbonyl (C=O) groups is 1. The molecule has 2 N–H and O–H groups in total. The Morgan fingerprint density at radius 2 is 2.16 bits per heavy atom. The van der Waals surface area contributed by atoms with Gasteiger partial charge in [0.15, 0.2) is 0 Å². The second-order valence-electron chi connectivity index (χ2n) is 6.80. The summed E-state index contributed by atoms with van der Waals surface area (Å²) < 4.78 is 1.84. The first-order valence-corrected chi connectivity index (χ1v) is 8.88. The minimum absolute atomic E-state index is 0.0113. The molecule has 25 heavy (non-hydrogen) atoms. The molecule has 134 valence electrons. The molecule has 2 unspecified atom stereocenters. The zero-order valence-corrected chi connectivity index (χ0v) is 14.6. The van der Waals surface area contributed by atoms with Gasteiger partial charge in [-0.2, -0.15) is 5.10 Å². The number of benzene rings is 1. The van der Waals surface area contributed by atoms with Crippen molar-refractivity contribution in [2.45, 2.75) is 25.9 Å². The molecule has 0 bridgehead atoms. The highest BCUT2D eigenvalue weighted by Gasteiger charge is 2.25. The number of β-amino-alcohol motifs (C(OH)–C–C–N with tert-alkyl or cyclic N) is 1. The number of aliphatic hydroxyl groups excluding tert-OH is 1. The largest absolute Gasteiger partial charge is 0.392 e. The van der Waals surface area contributed by atoms with Crippen LogP contribution in [0.3, 0.4) is 0 Å². The van der Waals surface area contributed by atoms with Crippen molar-refractivity contribution in [3.63, 3.8) is 0 Å². The van der Waals surface area contributed by atoms with E-state index in [1.165, 1.54) is 0 Å². The minimum atomic E-state index is -0.328. The molecule has 2 atom stereocenters. The third-order valence-corrected chi connectivity index (χ3v) is 4.76. The fourth-order valence-corrected chi connectivity index (χ4v) is 3.07. The number of hydrogen-bond donors (Lipinski definition) is 2. The lowest BCUT2D eigenvalue weighted by Crippen LogP contribution is -2.47. The molecule has 1 aliphatic rings. The fraction of sp³-hybridized carbons (Fsp3) is 0.474. The van der Waals surface area contributed by atoms with E-state index >= 15 is 0 Å². The predicted molar refractivity (Wildman–Crippen MR) is 96.5 cm³/mol. The summed E-state index contributed by atoms with van der Waals surface area (Å²) in [6.07, 6.45) is 5.18. The highest BCUT2D eigenvalue weighted by Crippen LogP contribution is 2.16. The smallest absolute Gasteiger partial charge is 0.234 e. The van der Waals surface area contributed by atoms with Gasteiger partial charge in [0, 0.05) is 19.3 Å². The van der Waals surface area contributed by atoms with Crippen LogP contribution in [0.5, 0.6) is 0 Å². The van der Waals surface area contributed by atoms with Crippen LogP contribution in [0.2, 0.25) is 0 Å². The third-order valence-electron chi connectivity index (χ3n) is 4.76. The Morgan fingerprint density at radius 1 is 1.36 bits per heavy atom. The molecule has 0 radical (unpaired) electrons. The molecule has 1 amide bonds. The monoisotopic (exact) mass is 342 g/mol. The molecular formula is C19H26N4O2. The summed E-state index contributed by atoms with van der Waals surface area (Å²) in [6, 6.07) is 9.95. The molecule has 0 aliphatic carbocycles. The summed E-state index contributed by atoms with van der Waals surface area (Å²) in [7, 11) is 0. The van der Waals surface area contributed by atoms with Gasteiger partial charge in [-0.25, -0.2) is 4.68 Å². The fourth-order valence-electron chi connectivity index (χ4n) is 3.07. The molecule has 1 aromatic heterocycles. The van der Waals surface area contributed by atoms with Crippen molar-refractivity contribution in [3.05, 3.63) is 48.3 Å². The van der Waals surface area contributed by atoms with E-state index in [4.69, 9.17) is 0 Å². The number of rotatable bonds is 6. The Morgan fingerprint density at radius 3 is 2.92 bits per heavy atom. The van der Waals surface area contributed by atoms with Crippen LogP contribution in [0.4, 0.5) is 0 Å². The average Bonchev–Trinajstić information content (AvgIpc) is 3.08. The highest BCUT2D eigenvalue weighted by molar-refractivity contribution is 5.78. The van der Waals surface area contributed by atoms with E-state index in [1.54, 1.807) is 0 Å². The van der Waals surface area contributed by atoms with Crippen molar-refractivity contribution in [2.75, 3.05) is 26.2 Å². The first-order chi connectivity index (χ1) is 12.1. The Hall–Kier alpha value is -2.18. The van der Waals surface area contributed by atoms with Crippen molar-refractivity contribution < 1.29 is 9.90 Å². The zero-order chi connectivity index (χ0) is 17.6. The van der Waals surface area contributed by atoms with Crippen LogP contribution in [0.15, 0.2) is 42.7 Å². The van der Waals surface area contributed by atoms with Gasteiger partial charge in [0.05, 0.1) is 24.5 Å². The van der Waals surface area contributed by atoms with E-state index in [9.17, 15) is 9.90 Å². The normalized spacial score (nSPS) is 21.2. The van der Waals surface area contributed by atoms with Gasteiger partial charge >= 0.3 is 0 Å². The number of carbonyl (C=O) groups excluding carboxylic acids is 1. The number of para-hydroxylation sites is 1. The summed E-state index contributed by atoms with van der Waals surface area (Å²) in [6.45, 7) is 4.45. The number of aliphatic hydroxyl groups is 1. The molecule has 1 fully saturated rings. The first kappa shape index (κ1) is 17.6. The molecule has 3 rings (SSSR count). The van der Waals surface area contributed by atoms with E-state index in [0.717, 1.165) is 30.6 Å². The number of likely N-dealkylation sites (tertiary alicyclic amines) is 1. The Labute approximate surface area is 148 Å². The molecule has 1 aliphatic heterocycles. The van der Waals surface area contributed by atoms with Crippen LogP contribution in [-0.4, -0.2) is 58.0 Å². The van der Waals surface area contributed by atoms with Gasteiger partial charge in [0.25, 0.3) is 0 Å². The van der Waals surface area contributed by atoms with Crippen LogP contribution in [0.1, 0.15) is 18.9 Å². The molecule has 0 spiro atoms. The summed E-state index contributed by atoms with van der Waals surface area (Å²) in [5, 5.41) is 17.2. The summed E-state index contributed by atoms with van der Waals surface area (Å²) in [4.78, 5) is 14.1. The summed E-state index contributed by atoms with van der Waals surface area (Å²) >= 11 is 0. The van der Waals surface area contributed by atoms with Crippen molar-refractivity contribution in [3.8, 4) is 5.69 Å². The maximum atomic E-state index is 12.1. The van der Waals surface area contributed by atoms with Gasteiger partial charge in [-0.15, -0.1) is 0 Å². The lowest BCUT2D eigenvalue weighted by atomic mass is 9.96. The molecule has 1 aromatic carbocycles. The van der Waals surface area contributed by atoms with Crippen molar-refractivity contribution >= 4 is 5.91 Å². The van der Waals surface area contributed by atoms with Gasteiger partial charge < -0.3 is 10.4 Å². The molecule has 6 heteroatoms. The van der Waals surface area contributed by atoms with Crippen molar-refractivity contribution in [2.24, 2.45) is 5.92 Å². The standard InChI is InChI=1S/C19H26N4O2/c1-15-8-10-22(13-18(15)24)14-19(25)20-9-7-16-11-21-23(12-16)17-5-3-2-4-6-17/h2-6,11-12,15,18,24H,7-10,13-14H2,1H3,(H,20,25). The quantitative estimate of drug-likeness (QED) is 0.828. The second-order valence-corrected chi connectivity index (χ2v) is 6.80. The number of nitrogens with one attached hydrogen (secondary N) is 1. The minimum Gasteiger partial charge on any atom is -0.392 e. The molecular weight excluding hydrogens is 316 g/mol. The molecule has 0 saturated carbocycles. The van der Waals surface area contributed by atoms with E-state index in [1.807, 2.05) is 52.3 Å². The summed E-state index contributed by atoms with van der Waals surface area (Å²) in [5.74, 6) is 0.331. The molecule has 2 aromatic rings. The number of piperidine rings is 1. The predicted octanol–water partition coefficient (Wildman–Crippen LogP) is 1.23. The highest BCUT2D eigenvalue weighted by atomic mass is 16.3. The first-order valence-electron chi connectivity index (χ1n) is 8.88. The molecule has 1 saturated heterocycles. The van der Waals surface area contributed by atoms with Crippen LogP contribution in [0, 0.1) is 5.92 Å². The Bertz CT molecular complexity index is 686. The van der Waals surface area contributed by atoms with Crippen LogP contribution in [0.25, 0.3) is 5.69 Å². The third kappa shape index (κ3) is 4.90. The van der Waals surface area contributed by atoms with E-state index in [-0.39, 0.29) is 12.0 Å². The van der Waals surface area contributed by atoms with Gasteiger partial charge in [-0.1, -0.05) is 25.1 Å². The maximum Gasteiger partial charge on any atom is 0.234 e. The van der Waals surface area contributed by atoms with E-state index in [2.05, 4.69) is 17.3 Å². The maximum absolute atomic E-state index is 12.1. The van der Waals surface area contributed by atoms with Crippen LogP contribution in [-0.2, 0) is 11.2 Å².